The molecule has 9 heteroatoms. The number of fused-ring (bicyclic) bond motifs is 1. The number of piperidine rings is 1. The highest BCUT2D eigenvalue weighted by atomic mass is 32.2. The minimum atomic E-state index is -3.75. The zero-order valence-electron chi connectivity index (χ0n) is 18.7. The van der Waals surface area contributed by atoms with Crippen LogP contribution in [0.5, 0.6) is 0 Å². The number of hydrogen-bond acceptors (Lipinski definition) is 7. The van der Waals surface area contributed by atoms with Crippen molar-refractivity contribution in [1.82, 2.24) is 19.3 Å². The zero-order chi connectivity index (χ0) is 22.7. The van der Waals surface area contributed by atoms with Crippen molar-refractivity contribution in [3.8, 4) is 0 Å². The van der Waals surface area contributed by atoms with Crippen LogP contribution >= 0.6 is 0 Å². The Morgan fingerprint density at radius 1 is 1.09 bits per heavy atom. The summed E-state index contributed by atoms with van der Waals surface area (Å²) in [7, 11) is -2.17. The van der Waals surface area contributed by atoms with Crippen LogP contribution in [0.1, 0.15) is 24.2 Å². The molecule has 4 rings (SSSR count). The van der Waals surface area contributed by atoms with Crippen LogP contribution in [-0.4, -0.2) is 67.1 Å². The quantitative estimate of drug-likeness (QED) is 0.541. The van der Waals surface area contributed by atoms with Gasteiger partial charge in [-0.3, -0.25) is 4.98 Å². The molecule has 0 bridgehead atoms. The molecule has 0 N–H and O–H groups in total. The van der Waals surface area contributed by atoms with Crippen LogP contribution in [0, 0.1) is 13.8 Å². The number of para-hydroxylation sites is 1. The van der Waals surface area contributed by atoms with E-state index in [9.17, 15) is 8.42 Å². The van der Waals surface area contributed by atoms with E-state index in [-0.39, 0.29) is 10.9 Å². The van der Waals surface area contributed by atoms with Crippen molar-refractivity contribution in [2.45, 2.75) is 37.6 Å². The maximum atomic E-state index is 13.8. The van der Waals surface area contributed by atoms with Gasteiger partial charge in [0, 0.05) is 55.8 Å². The van der Waals surface area contributed by atoms with Crippen molar-refractivity contribution < 1.29 is 13.2 Å². The summed E-state index contributed by atoms with van der Waals surface area (Å²) in [6.45, 7) is 5.94. The number of nitrogens with zero attached hydrogens (tertiary/aromatic N) is 5. The van der Waals surface area contributed by atoms with Gasteiger partial charge in [-0.15, -0.1) is 0 Å². The number of anilines is 1. The summed E-state index contributed by atoms with van der Waals surface area (Å²) in [5.74, 6) is 0.713. The van der Waals surface area contributed by atoms with Gasteiger partial charge in [0.25, 0.3) is 0 Å². The summed E-state index contributed by atoms with van der Waals surface area (Å²) >= 11 is 0. The maximum absolute atomic E-state index is 13.8. The molecule has 32 heavy (non-hydrogen) atoms. The fourth-order valence-electron chi connectivity index (χ4n) is 4.29. The lowest BCUT2D eigenvalue weighted by Gasteiger charge is -2.38. The third kappa shape index (κ3) is 4.60. The Morgan fingerprint density at radius 3 is 2.47 bits per heavy atom. The summed E-state index contributed by atoms with van der Waals surface area (Å²) in [5, 5.41) is 0.807. The highest BCUT2D eigenvalue weighted by Gasteiger charge is 2.35. The Labute approximate surface area is 189 Å². The zero-order valence-corrected chi connectivity index (χ0v) is 19.5. The Bertz CT molecular complexity index is 1170. The molecule has 0 radical (unpaired) electrons. The Balaban J connectivity index is 1.60. The Hall–Kier alpha value is -2.62. The molecule has 0 saturated carbocycles. The van der Waals surface area contributed by atoms with Crippen LogP contribution in [0.3, 0.4) is 0 Å². The van der Waals surface area contributed by atoms with E-state index >= 15 is 0 Å². The highest BCUT2D eigenvalue weighted by molar-refractivity contribution is 7.89. The molecule has 0 spiro atoms. The van der Waals surface area contributed by atoms with E-state index in [1.54, 1.807) is 29.7 Å². The molecular weight excluding hydrogens is 426 g/mol. The van der Waals surface area contributed by atoms with E-state index in [0.29, 0.717) is 50.5 Å². The van der Waals surface area contributed by atoms with Gasteiger partial charge in [-0.05, 0) is 44.9 Å². The second-order valence-electron chi connectivity index (χ2n) is 8.11. The molecular formula is C23H29N5O3S. The molecule has 3 aromatic rings. The van der Waals surface area contributed by atoms with Gasteiger partial charge >= 0.3 is 0 Å². The first kappa shape index (κ1) is 22.6. The van der Waals surface area contributed by atoms with Gasteiger partial charge in [-0.2, -0.15) is 4.31 Å². The number of hydrogen-bond donors (Lipinski definition) is 0. The topological polar surface area (TPSA) is 88.5 Å². The molecule has 0 unspecified atom stereocenters. The lowest BCUT2D eigenvalue weighted by Crippen LogP contribution is -2.48. The molecule has 170 valence electrons. The average molecular weight is 456 g/mol. The third-order valence-corrected chi connectivity index (χ3v) is 7.81. The lowest BCUT2D eigenvalue weighted by atomic mass is 10.1. The minimum absolute atomic E-state index is 0.128. The van der Waals surface area contributed by atoms with E-state index in [4.69, 9.17) is 4.74 Å². The lowest BCUT2D eigenvalue weighted by molar-refractivity contribution is 0.159. The molecule has 1 fully saturated rings. The van der Waals surface area contributed by atoms with E-state index < -0.39 is 10.0 Å². The summed E-state index contributed by atoms with van der Waals surface area (Å²) in [5.41, 5.74) is 2.36. The molecule has 3 heterocycles. The maximum Gasteiger partial charge on any atom is 0.245 e. The van der Waals surface area contributed by atoms with E-state index in [2.05, 4.69) is 19.9 Å². The van der Waals surface area contributed by atoms with Gasteiger partial charge in [-0.25, -0.2) is 18.4 Å². The third-order valence-electron chi connectivity index (χ3n) is 5.82. The predicted octanol–water partition coefficient (Wildman–Crippen LogP) is 2.95. The molecule has 2 aromatic heterocycles. The van der Waals surface area contributed by atoms with Crippen molar-refractivity contribution in [3.63, 3.8) is 0 Å². The number of pyridine rings is 1. The number of sulfonamides is 1. The van der Waals surface area contributed by atoms with Crippen LogP contribution < -0.4 is 4.90 Å². The number of benzene rings is 1. The number of rotatable bonds is 7. The normalized spacial score (nSPS) is 15.6. The van der Waals surface area contributed by atoms with Gasteiger partial charge in [0.15, 0.2) is 0 Å². The largest absolute Gasteiger partial charge is 0.383 e. The van der Waals surface area contributed by atoms with Gasteiger partial charge in [0.1, 0.15) is 4.90 Å². The second kappa shape index (κ2) is 9.48. The summed E-state index contributed by atoms with van der Waals surface area (Å²) < 4.78 is 34.4. The van der Waals surface area contributed by atoms with Crippen LogP contribution in [0.4, 0.5) is 5.95 Å². The van der Waals surface area contributed by atoms with Crippen LogP contribution in [0.2, 0.25) is 0 Å². The van der Waals surface area contributed by atoms with Gasteiger partial charge in [0.05, 0.1) is 12.1 Å². The Kier molecular flexibility index (Phi) is 6.68. The van der Waals surface area contributed by atoms with Crippen molar-refractivity contribution in [2.24, 2.45) is 0 Å². The number of ether oxygens (including phenoxy) is 1. The number of aryl methyl sites for hydroxylation is 2. The molecule has 8 nitrogen and oxygen atoms in total. The minimum Gasteiger partial charge on any atom is -0.383 e. The molecule has 0 aliphatic carbocycles. The van der Waals surface area contributed by atoms with Crippen molar-refractivity contribution >= 4 is 26.9 Å². The van der Waals surface area contributed by atoms with Gasteiger partial charge < -0.3 is 9.64 Å². The van der Waals surface area contributed by atoms with Crippen LogP contribution in [-0.2, 0) is 14.8 Å². The smallest absolute Gasteiger partial charge is 0.245 e. The first-order valence-electron chi connectivity index (χ1n) is 10.8. The van der Waals surface area contributed by atoms with E-state index in [0.717, 1.165) is 16.8 Å². The van der Waals surface area contributed by atoms with Crippen molar-refractivity contribution in [2.75, 3.05) is 38.3 Å². The predicted molar refractivity (Wildman–Crippen MR) is 124 cm³/mol. The van der Waals surface area contributed by atoms with E-state index in [1.165, 1.54) is 0 Å². The second-order valence-corrected chi connectivity index (χ2v) is 9.97. The molecule has 1 aromatic carbocycles. The Morgan fingerprint density at radius 2 is 1.78 bits per heavy atom. The molecule has 0 atom stereocenters. The average Bonchev–Trinajstić information content (AvgIpc) is 2.78. The molecule has 1 saturated heterocycles. The first-order chi connectivity index (χ1) is 15.4. The fraction of sp³-hybridized carbons (Fsp3) is 0.435. The SMILES string of the molecule is COCCN(C1CCN(c2nc(C)cc(C)n2)CC1)S(=O)(=O)c1cccc2cccnc12. The molecule has 0 amide bonds. The molecule has 1 aliphatic heterocycles. The summed E-state index contributed by atoms with van der Waals surface area (Å²) in [4.78, 5) is 15.9. The number of aromatic nitrogens is 3. The highest BCUT2D eigenvalue weighted by Crippen LogP contribution is 2.29. The fourth-order valence-corrected chi connectivity index (χ4v) is 6.13. The van der Waals surface area contributed by atoms with Gasteiger partial charge in [-0.1, -0.05) is 18.2 Å². The standard InChI is InChI=1S/C23H29N5O3S/c1-17-16-18(2)26-23(25-17)27-12-9-20(10-13-27)28(14-15-31-3)32(29,30)21-8-4-6-19-7-5-11-24-22(19)21/h4-8,11,16,20H,9-10,12-15H2,1-3H3. The van der Waals surface area contributed by atoms with Crippen LogP contribution in [0.15, 0.2) is 47.5 Å². The van der Waals surface area contributed by atoms with Crippen molar-refractivity contribution in [1.29, 1.82) is 0 Å². The number of methoxy groups -OCH3 is 1. The van der Waals surface area contributed by atoms with Crippen molar-refractivity contribution in [3.05, 3.63) is 54.0 Å². The summed E-state index contributed by atoms with van der Waals surface area (Å²) in [6.07, 6.45) is 3.01. The first-order valence-corrected chi connectivity index (χ1v) is 12.3. The van der Waals surface area contributed by atoms with Crippen LogP contribution in [0.25, 0.3) is 10.9 Å². The summed E-state index contributed by atoms with van der Waals surface area (Å²) in [6, 6.07) is 10.8. The van der Waals surface area contributed by atoms with E-state index in [1.807, 2.05) is 38.1 Å². The monoisotopic (exact) mass is 455 g/mol. The molecule has 1 aliphatic rings. The van der Waals surface area contributed by atoms with Gasteiger partial charge in [0.2, 0.25) is 16.0 Å².